The Kier molecular flexibility index (Phi) is 3.86. The molecular formula is C12H19N5S. The Labute approximate surface area is 112 Å². The predicted octanol–water partition coefficient (Wildman–Crippen LogP) is 1.40. The van der Waals surface area contributed by atoms with Crippen LogP contribution in [-0.4, -0.2) is 49.0 Å². The van der Waals surface area contributed by atoms with Crippen LogP contribution in [0.25, 0.3) is 0 Å². The average Bonchev–Trinajstić information content (AvgIpc) is 2.80. The Morgan fingerprint density at radius 1 is 1.28 bits per heavy atom. The van der Waals surface area contributed by atoms with Crippen molar-refractivity contribution in [3.63, 3.8) is 0 Å². The first-order valence-corrected chi connectivity index (χ1v) is 6.77. The van der Waals surface area contributed by atoms with Crippen LogP contribution in [0.5, 0.6) is 0 Å². The molecule has 1 aromatic heterocycles. The first kappa shape index (κ1) is 12.9. The van der Waals surface area contributed by atoms with Crippen molar-refractivity contribution < 1.29 is 0 Å². The van der Waals surface area contributed by atoms with Crippen molar-refractivity contribution in [2.24, 2.45) is 9.98 Å². The molecular weight excluding hydrogens is 246 g/mol. The fraction of sp³-hybridized carbons (Fsp3) is 0.500. The number of hydrogen-bond acceptors (Lipinski definition) is 6. The molecule has 0 amide bonds. The zero-order valence-corrected chi connectivity index (χ0v) is 12.0. The van der Waals surface area contributed by atoms with Crippen LogP contribution in [0.15, 0.2) is 27.5 Å². The molecule has 1 aromatic rings. The number of thiophene rings is 1. The summed E-state index contributed by atoms with van der Waals surface area (Å²) in [6.07, 6.45) is -0.0376. The summed E-state index contributed by atoms with van der Waals surface area (Å²) < 4.78 is 0. The van der Waals surface area contributed by atoms with E-state index in [4.69, 9.17) is 0 Å². The summed E-state index contributed by atoms with van der Waals surface area (Å²) in [6, 6.07) is 4.20. The maximum absolute atomic E-state index is 4.52. The molecule has 0 spiro atoms. The van der Waals surface area contributed by atoms with Crippen LogP contribution in [0, 0.1) is 0 Å². The van der Waals surface area contributed by atoms with Crippen molar-refractivity contribution in [2.75, 3.05) is 21.1 Å². The molecule has 0 aliphatic carbocycles. The lowest BCUT2D eigenvalue weighted by atomic mass is 10.4. The normalized spacial score (nSPS) is 18.8. The van der Waals surface area contributed by atoms with E-state index in [0.29, 0.717) is 0 Å². The smallest absolute Gasteiger partial charge is 0.203 e. The van der Waals surface area contributed by atoms with Crippen molar-refractivity contribution >= 4 is 23.3 Å². The molecule has 1 unspecified atom stereocenters. The topological polar surface area (TPSA) is 43.2 Å². The third-order valence-corrected chi connectivity index (χ3v) is 3.46. The van der Waals surface area contributed by atoms with Gasteiger partial charge in [0.05, 0.1) is 6.54 Å². The lowest BCUT2D eigenvalue weighted by Crippen LogP contribution is -2.49. The zero-order chi connectivity index (χ0) is 13.1. The second-order valence-electron chi connectivity index (χ2n) is 4.49. The van der Waals surface area contributed by atoms with Crippen molar-refractivity contribution in [1.82, 2.24) is 15.1 Å². The molecule has 0 saturated carbocycles. The van der Waals surface area contributed by atoms with Gasteiger partial charge in [-0.05, 0) is 18.4 Å². The summed E-state index contributed by atoms with van der Waals surface area (Å²) >= 11 is 1.76. The SMILES string of the molecule is CC1N=C(N(C)C)NC(N(C)Cc2cccs2)=N1. The largest absolute Gasteiger partial charge is 0.349 e. The minimum Gasteiger partial charge on any atom is -0.349 e. The van der Waals surface area contributed by atoms with Gasteiger partial charge in [0.15, 0.2) is 0 Å². The summed E-state index contributed by atoms with van der Waals surface area (Å²) in [6.45, 7) is 2.85. The highest BCUT2D eigenvalue weighted by Gasteiger charge is 2.17. The van der Waals surface area contributed by atoms with Gasteiger partial charge in [-0.2, -0.15) is 0 Å². The van der Waals surface area contributed by atoms with Gasteiger partial charge in [-0.3, -0.25) is 5.32 Å². The second kappa shape index (κ2) is 5.39. The number of guanidine groups is 2. The number of aliphatic imine (C=N–C) groups is 2. The van der Waals surface area contributed by atoms with Crippen LogP contribution >= 0.6 is 11.3 Å². The van der Waals surface area contributed by atoms with Crippen molar-refractivity contribution in [2.45, 2.75) is 19.6 Å². The molecule has 1 aliphatic heterocycles. The van der Waals surface area contributed by atoms with Gasteiger partial charge in [0.1, 0.15) is 6.17 Å². The third kappa shape index (κ3) is 3.01. The molecule has 18 heavy (non-hydrogen) atoms. The van der Waals surface area contributed by atoms with E-state index < -0.39 is 0 Å². The van der Waals surface area contributed by atoms with Crippen LogP contribution < -0.4 is 5.32 Å². The summed E-state index contributed by atoms with van der Waals surface area (Å²) in [5, 5.41) is 5.34. The maximum Gasteiger partial charge on any atom is 0.203 e. The molecule has 98 valence electrons. The van der Waals surface area contributed by atoms with Crippen LogP contribution in [0.2, 0.25) is 0 Å². The van der Waals surface area contributed by atoms with E-state index in [0.717, 1.165) is 18.5 Å². The molecule has 0 bridgehead atoms. The van der Waals surface area contributed by atoms with Gasteiger partial charge in [0.2, 0.25) is 11.9 Å². The zero-order valence-electron chi connectivity index (χ0n) is 11.2. The molecule has 0 saturated heterocycles. The third-order valence-electron chi connectivity index (χ3n) is 2.60. The van der Waals surface area contributed by atoms with Gasteiger partial charge >= 0.3 is 0 Å². The molecule has 6 heteroatoms. The van der Waals surface area contributed by atoms with E-state index in [-0.39, 0.29) is 6.17 Å². The van der Waals surface area contributed by atoms with Gasteiger partial charge in [0, 0.05) is 26.0 Å². The minimum atomic E-state index is -0.0376. The molecule has 0 aromatic carbocycles. The fourth-order valence-corrected chi connectivity index (χ4v) is 2.44. The Hall–Kier alpha value is -1.56. The van der Waals surface area contributed by atoms with Crippen LogP contribution in [-0.2, 0) is 6.54 Å². The van der Waals surface area contributed by atoms with Crippen molar-refractivity contribution in [3.8, 4) is 0 Å². The van der Waals surface area contributed by atoms with Gasteiger partial charge in [-0.25, -0.2) is 9.98 Å². The minimum absolute atomic E-state index is 0.0376. The van der Waals surface area contributed by atoms with Crippen molar-refractivity contribution in [3.05, 3.63) is 22.4 Å². The fourth-order valence-electron chi connectivity index (χ4n) is 1.68. The quantitative estimate of drug-likeness (QED) is 0.879. The standard InChI is InChI=1S/C12H19N5S/c1-9-13-11(16(2)3)15-12(14-9)17(4)8-10-6-5-7-18-10/h5-7,9H,8H2,1-4H3,(H,13,14,15). The molecule has 1 aliphatic rings. The van der Waals surface area contributed by atoms with E-state index in [2.05, 4.69) is 37.7 Å². The van der Waals surface area contributed by atoms with E-state index in [1.807, 2.05) is 33.0 Å². The van der Waals surface area contributed by atoms with E-state index >= 15 is 0 Å². The monoisotopic (exact) mass is 265 g/mol. The van der Waals surface area contributed by atoms with E-state index in [1.165, 1.54) is 4.88 Å². The number of nitrogens with one attached hydrogen (secondary N) is 1. The Bertz CT molecular complexity index is 449. The Balaban J connectivity index is 2.04. The Morgan fingerprint density at radius 3 is 2.61 bits per heavy atom. The van der Waals surface area contributed by atoms with Crippen LogP contribution in [0.4, 0.5) is 0 Å². The molecule has 1 N–H and O–H groups in total. The highest BCUT2D eigenvalue weighted by molar-refractivity contribution is 7.09. The van der Waals surface area contributed by atoms with E-state index in [9.17, 15) is 0 Å². The van der Waals surface area contributed by atoms with Gasteiger partial charge in [0.25, 0.3) is 0 Å². The number of hydrogen-bond donors (Lipinski definition) is 1. The molecule has 2 heterocycles. The number of rotatable bonds is 2. The van der Waals surface area contributed by atoms with Crippen LogP contribution in [0.1, 0.15) is 11.8 Å². The van der Waals surface area contributed by atoms with E-state index in [1.54, 1.807) is 11.3 Å². The molecule has 0 fully saturated rings. The predicted molar refractivity (Wildman–Crippen MR) is 76.9 cm³/mol. The second-order valence-corrected chi connectivity index (χ2v) is 5.52. The molecule has 1 atom stereocenters. The molecule has 0 radical (unpaired) electrons. The van der Waals surface area contributed by atoms with Gasteiger partial charge in [-0.1, -0.05) is 6.07 Å². The lowest BCUT2D eigenvalue weighted by molar-refractivity contribution is 0.473. The summed E-state index contributed by atoms with van der Waals surface area (Å²) in [4.78, 5) is 14.3. The summed E-state index contributed by atoms with van der Waals surface area (Å²) in [7, 11) is 5.98. The average molecular weight is 265 g/mol. The van der Waals surface area contributed by atoms with Gasteiger partial charge < -0.3 is 9.80 Å². The Morgan fingerprint density at radius 2 is 2.00 bits per heavy atom. The summed E-state index contributed by atoms with van der Waals surface area (Å²) in [5.74, 6) is 1.72. The summed E-state index contributed by atoms with van der Waals surface area (Å²) in [5.41, 5.74) is 0. The van der Waals surface area contributed by atoms with Crippen LogP contribution in [0.3, 0.4) is 0 Å². The first-order valence-electron chi connectivity index (χ1n) is 5.89. The number of nitrogens with zero attached hydrogens (tertiary/aromatic N) is 4. The molecule has 5 nitrogen and oxygen atoms in total. The van der Waals surface area contributed by atoms with Crippen molar-refractivity contribution in [1.29, 1.82) is 0 Å². The highest BCUT2D eigenvalue weighted by Crippen LogP contribution is 2.12. The lowest BCUT2D eigenvalue weighted by Gasteiger charge is -2.28. The maximum atomic E-state index is 4.52. The van der Waals surface area contributed by atoms with Gasteiger partial charge in [-0.15, -0.1) is 11.3 Å². The first-order chi connectivity index (χ1) is 8.56. The molecule has 2 rings (SSSR count). The highest BCUT2D eigenvalue weighted by atomic mass is 32.1.